The number of aliphatic carboxylic acids is 1. The number of ether oxygens (including phenoxy) is 1. The summed E-state index contributed by atoms with van der Waals surface area (Å²) < 4.78 is 41.2. The minimum atomic E-state index is -3.15. The fourth-order valence-corrected chi connectivity index (χ4v) is 1.76. The molecule has 0 spiro atoms. The van der Waals surface area contributed by atoms with Crippen molar-refractivity contribution in [2.45, 2.75) is 13.0 Å². The summed E-state index contributed by atoms with van der Waals surface area (Å²) in [6.45, 7) is -3.15. The molecule has 1 fully saturated rings. The van der Waals surface area contributed by atoms with Crippen LogP contribution in [0.4, 0.5) is 18.9 Å². The summed E-state index contributed by atoms with van der Waals surface area (Å²) in [5.74, 6) is -4.65. The van der Waals surface area contributed by atoms with Crippen LogP contribution in [0.2, 0.25) is 0 Å². The summed E-state index contributed by atoms with van der Waals surface area (Å²) >= 11 is 0. The minimum absolute atomic E-state index is 0.0464. The smallest absolute Gasteiger partial charge is 0.387 e. The Morgan fingerprint density at radius 2 is 2.05 bits per heavy atom. The number of carboxylic acids is 1. The number of benzene rings is 1. The van der Waals surface area contributed by atoms with E-state index in [9.17, 15) is 22.8 Å². The third-order valence-corrected chi connectivity index (χ3v) is 2.86. The van der Waals surface area contributed by atoms with Gasteiger partial charge in [-0.1, -0.05) is 0 Å². The Bertz CT molecular complexity index is 550. The molecule has 1 aliphatic carbocycles. The van der Waals surface area contributed by atoms with Gasteiger partial charge in [0, 0.05) is 11.8 Å². The SMILES string of the molecule is O=C(O)[C@H]1C[C@H]1C(=O)Nc1ccc(OC(F)F)c(F)c1. The summed E-state index contributed by atoms with van der Waals surface area (Å²) in [7, 11) is 0. The summed E-state index contributed by atoms with van der Waals surface area (Å²) in [5, 5.41) is 11.0. The van der Waals surface area contributed by atoms with Gasteiger partial charge >= 0.3 is 12.6 Å². The first kappa shape index (κ1) is 14.2. The molecule has 1 amide bonds. The van der Waals surface area contributed by atoms with Crippen molar-refractivity contribution in [2.75, 3.05) is 5.32 Å². The maximum atomic E-state index is 13.4. The van der Waals surface area contributed by atoms with Gasteiger partial charge in [0.05, 0.1) is 11.8 Å². The number of hydrogen-bond acceptors (Lipinski definition) is 3. The third kappa shape index (κ3) is 3.19. The van der Waals surface area contributed by atoms with Gasteiger partial charge < -0.3 is 15.2 Å². The Morgan fingerprint density at radius 1 is 1.35 bits per heavy atom. The van der Waals surface area contributed by atoms with Crippen LogP contribution in [0, 0.1) is 17.7 Å². The largest absolute Gasteiger partial charge is 0.481 e. The molecule has 2 N–H and O–H groups in total. The van der Waals surface area contributed by atoms with E-state index in [1.807, 2.05) is 0 Å². The standard InChI is InChI=1S/C12H10F3NO4/c13-8-3-5(1-2-9(8)20-12(14)15)16-10(17)6-4-7(6)11(18)19/h1-3,6-7,12H,4H2,(H,16,17)(H,18,19)/t6-,7+/m1/s1. The van der Waals surface area contributed by atoms with Gasteiger partial charge in [0.2, 0.25) is 5.91 Å². The first-order valence-corrected chi connectivity index (χ1v) is 5.66. The zero-order valence-electron chi connectivity index (χ0n) is 9.98. The third-order valence-electron chi connectivity index (χ3n) is 2.86. The molecule has 0 heterocycles. The van der Waals surface area contributed by atoms with Gasteiger partial charge in [-0.3, -0.25) is 9.59 Å². The van der Waals surface area contributed by atoms with Crippen molar-refractivity contribution in [3.63, 3.8) is 0 Å². The minimum Gasteiger partial charge on any atom is -0.481 e. The average Bonchev–Trinajstić information content (AvgIpc) is 3.12. The molecular formula is C12H10F3NO4. The lowest BCUT2D eigenvalue weighted by molar-refractivity contribution is -0.139. The van der Waals surface area contributed by atoms with Gasteiger partial charge in [-0.25, -0.2) is 4.39 Å². The van der Waals surface area contributed by atoms with Gasteiger partial charge in [0.25, 0.3) is 0 Å². The van der Waals surface area contributed by atoms with Crippen LogP contribution in [0.3, 0.4) is 0 Å². The van der Waals surface area contributed by atoms with Crippen molar-refractivity contribution in [1.82, 2.24) is 0 Å². The molecule has 8 heteroatoms. The predicted octanol–water partition coefficient (Wildman–Crippen LogP) is 2.09. The lowest BCUT2D eigenvalue weighted by Crippen LogP contribution is -2.17. The highest BCUT2D eigenvalue weighted by Gasteiger charge is 2.48. The second-order valence-electron chi connectivity index (χ2n) is 4.30. The maximum absolute atomic E-state index is 13.4. The normalized spacial score (nSPS) is 20.6. The van der Waals surface area contributed by atoms with Crippen molar-refractivity contribution in [2.24, 2.45) is 11.8 Å². The van der Waals surface area contributed by atoms with E-state index < -0.39 is 41.9 Å². The molecule has 0 aliphatic heterocycles. The molecule has 0 saturated heterocycles. The highest BCUT2D eigenvalue weighted by Crippen LogP contribution is 2.39. The number of carbonyl (C=O) groups excluding carboxylic acids is 1. The molecular weight excluding hydrogens is 279 g/mol. The number of amides is 1. The Hall–Kier alpha value is -2.25. The number of hydrogen-bond donors (Lipinski definition) is 2. The van der Waals surface area contributed by atoms with Crippen molar-refractivity contribution in [3.8, 4) is 5.75 Å². The zero-order chi connectivity index (χ0) is 14.9. The summed E-state index contributed by atoms with van der Waals surface area (Å²) in [4.78, 5) is 22.2. The molecule has 2 rings (SSSR count). The molecule has 1 aromatic rings. The number of rotatable bonds is 5. The molecule has 0 aromatic heterocycles. The predicted molar refractivity (Wildman–Crippen MR) is 60.9 cm³/mol. The topological polar surface area (TPSA) is 75.6 Å². The van der Waals surface area contributed by atoms with Crippen LogP contribution in [-0.4, -0.2) is 23.6 Å². The number of alkyl halides is 2. The summed E-state index contributed by atoms with van der Waals surface area (Å²) in [5.41, 5.74) is 0.0464. The van der Waals surface area contributed by atoms with Gasteiger partial charge in [0.1, 0.15) is 0 Å². The van der Waals surface area contributed by atoms with Gasteiger partial charge in [0.15, 0.2) is 11.6 Å². The zero-order valence-corrected chi connectivity index (χ0v) is 9.98. The van der Waals surface area contributed by atoms with Gasteiger partial charge in [-0.2, -0.15) is 8.78 Å². The first-order valence-electron chi connectivity index (χ1n) is 5.66. The van der Waals surface area contributed by atoms with E-state index in [2.05, 4.69) is 10.1 Å². The second kappa shape index (κ2) is 5.40. The monoisotopic (exact) mass is 289 g/mol. The average molecular weight is 289 g/mol. The molecule has 0 radical (unpaired) electrons. The quantitative estimate of drug-likeness (QED) is 0.870. The Kier molecular flexibility index (Phi) is 3.82. The molecule has 108 valence electrons. The van der Waals surface area contributed by atoms with E-state index in [1.165, 1.54) is 6.07 Å². The number of carboxylic acid groups (broad SMARTS) is 1. The van der Waals surface area contributed by atoms with E-state index in [4.69, 9.17) is 5.11 Å². The molecule has 1 saturated carbocycles. The summed E-state index contributed by atoms with van der Waals surface area (Å²) in [6.07, 6.45) is 0.232. The van der Waals surface area contributed by atoms with Crippen LogP contribution in [0.5, 0.6) is 5.75 Å². The van der Waals surface area contributed by atoms with E-state index in [0.29, 0.717) is 0 Å². The fourth-order valence-electron chi connectivity index (χ4n) is 1.76. The van der Waals surface area contributed by atoms with Crippen LogP contribution in [0.1, 0.15) is 6.42 Å². The van der Waals surface area contributed by atoms with Gasteiger partial charge in [-0.15, -0.1) is 0 Å². The van der Waals surface area contributed by atoms with Crippen molar-refractivity contribution < 1.29 is 32.6 Å². The lowest BCUT2D eigenvalue weighted by atomic mass is 10.2. The number of anilines is 1. The van der Waals surface area contributed by atoms with E-state index in [0.717, 1.165) is 12.1 Å². The lowest BCUT2D eigenvalue weighted by Gasteiger charge is -2.08. The molecule has 0 bridgehead atoms. The molecule has 5 nitrogen and oxygen atoms in total. The fraction of sp³-hybridized carbons (Fsp3) is 0.333. The van der Waals surface area contributed by atoms with Crippen LogP contribution in [-0.2, 0) is 9.59 Å². The molecule has 20 heavy (non-hydrogen) atoms. The Morgan fingerprint density at radius 3 is 2.55 bits per heavy atom. The summed E-state index contributed by atoms with van der Waals surface area (Å²) in [6, 6.07) is 2.98. The van der Waals surface area contributed by atoms with Crippen LogP contribution in [0.25, 0.3) is 0 Å². The van der Waals surface area contributed by atoms with Crippen LogP contribution < -0.4 is 10.1 Å². The number of halogens is 3. The van der Waals surface area contributed by atoms with E-state index in [-0.39, 0.29) is 12.1 Å². The maximum Gasteiger partial charge on any atom is 0.387 e. The first-order chi connectivity index (χ1) is 9.38. The second-order valence-corrected chi connectivity index (χ2v) is 4.30. The van der Waals surface area contributed by atoms with Crippen LogP contribution in [0.15, 0.2) is 18.2 Å². The van der Waals surface area contributed by atoms with Crippen LogP contribution >= 0.6 is 0 Å². The molecule has 0 unspecified atom stereocenters. The highest BCUT2D eigenvalue weighted by molar-refractivity contribution is 5.98. The van der Waals surface area contributed by atoms with E-state index >= 15 is 0 Å². The Balaban J connectivity index is 1.99. The molecule has 1 aromatic carbocycles. The molecule has 1 aliphatic rings. The highest BCUT2D eigenvalue weighted by atomic mass is 19.3. The van der Waals surface area contributed by atoms with Gasteiger partial charge in [-0.05, 0) is 18.6 Å². The van der Waals surface area contributed by atoms with Crippen molar-refractivity contribution in [1.29, 1.82) is 0 Å². The number of nitrogens with one attached hydrogen (secondary N) is 1. The number of carbonyl (C=O) groups is 2. The Labute approximate surface area is 111 Å². The van der Waals surface area contributed by atoms with E-state index in [1.54, 1.807) is 0 Å². The molecule has 2 atom stereocenters. The van der Waals surface area contributed by atoms with Crippen molar-refractivity contribution in [3.05, 3.63) is 24.0 Å². The van der Waals surface area contributed by atoms with Crippen molar-refractivity contribution >= 4 is 17.6 Å².